The summed E-state index contributed by atoms with van der Waals surface area (Å²) in [5.74, 6) is 0.174. The Hall–Kier alpha value is -0.240. The summed E-state index contributed by atoms with van der Waals surface area (Å²) in [7, 11) is -3.42. The maximum absolute atomic E-state index is 12.5. The molecule has 1 aromatic heterocycles. The van der Waals surface area contributed by atoms with Crippen molar-refractivity contribution in [2.24, 2.45) is 5.92 Å². The topological polar surface area (TPSA) is 54.5 Å². The summed E-state index contributed by atoms with van der Waals surface area (Å²) in [4.78, 5) is 12.5. The highest BCUT2D eigenvalue weighted by Gasteiger charge is 2.32. The Morgan fingerprint density at radius 1 is 1.42 bits per heavy atom. The highest BCUT2D eigenvalue weighted by Crippen LogP contribution is 2.33. The van der Waals surface area contributed by atoms with Crippen molar-refractivity contribution in [2.75, 3.05) is 13.1 Å². The molecular weight excluding hydrogens is 350 g/mol. The van der Waals surface area contributed by atoms with E-state index in [-0.39, 0.29) is 11.7 Å². The predicted octanol–water partition coefficient (Wildman–Crippen LogP) is 2.81. The molecule has 0 aromatic carbocycles. The van der Waals surface area contributed by atoms with Gasteiger partial charge in [-0.25, -0.2) is 8.42 Å². The van der Waals surface area contributed by atoms with Gasteiger partial charge in [0.1, 0.15) is 5.78 Å². The molecule has 106 valence electrons. The molecule has 0 bridgehead atoms. The first-order valence-electron chi connectivity index (χ1n) is 6.09. The second-order valence-electron chi connectivity index (χ2n) is 4.76. The lowest BCUT2D eigenvalue weighted by Crippen LogP contribution is -2.39. The van der Waals surface area contributed by atoms with Gasteiger partial charge in [-0.15, -0.1) is 11.3 Å². The van der Waals surface area contributed by atoms with Gasteiger partial charge in [-0.3, -0.25) is 4.79 Å². The summed E-state index contributed by atoms with van der Waals surface area (Å²) in [6.45, 7) is 4.25. The van der Waals surface area contributed by atoms with Crippen molar-refractivity contribution in [1.82, 2.24) is 4.31 Å². The van der Waals surface area contributed by atoms with E-state index < -0.39 is 10.0 Å². The third-order valence-corrected chi connectivity index (χ3v) is 7.20. The maximum atomic E-state index is 12.5. The van der Waals surface area contributed by atoms with Gasteiger partial charge in [-0.05, 0) is 48.7 Å². The number of ketones is 1. The third kappa shape index (κ3) is 3.09. The normalized spacial score (nSPS) is 18.7. The quantitative estimate of drug-likeness (QED) is 0.827. The summed E-state index contributed by atoms with van der Waals surface area (Å²) in [6.07, 6.45) is 1.25. The van der Waals surface area contributed by atoms with Crippen LogP contribution in [0.5, 0.6) is 0 Å². The van der Waals surface area contributed by atoms with Gasteiger partial charge in [0.2, 0.25) is 10.0 Å². The molecule has 0 N–H and O–H groups in total. The zero-order valence-electron chi connectivity index (χ0n) is 10.8. The number of carbonyl (C=O) groups is 1. The Kier molecular flexibility index (Phi) is 4.49. The van der Waals surface area contributed by atoms with Crippen LogP contribution in [0.2, 0.25) is 0 Å². The minimum absolute atomic E-state index is 0.0155. The molecule has 2 rings (SSSR count). The smallest absolute Gasteiger partial charge is 0.244 e. The van der Waals surface area contributed by atoms with Crippen molar-refractivity contribution in [1.29, 1.82) is 0 Å². The molecule has 0 saturated carbocycles. The van der Waals surface area contributed by atoms with Gasteiger partial charge in [-0.2, -0.15) is 4.31 Å². The molecule has 1 fully saturated rings. The fourth-order valence-electron chi connectivity index (χ4n) is 2.33. The van der Waals surface area contributed by atoms with Crippen molar-refractivity contribution in [3.8, 4) is 0 Å². The minimum atomic E-state index is -3.42. The van der Waals surface area contributed by atoms with E-state index >= 15 is 0 Å². The van der Waals surface area contributed by atoms with Crippen LogP contribution in [-0.2, 0) is 14.8 Å². The van der Waals surface area contributed by atoms with Crippen molar-refractivity contribution in [3.63, 3.8) is 0 Å². The third-order valence-electron chi connectivity index (χ3n) is 3.49. The number of carbonyl (C=O) groups excluding carboxylic acids is 1. The molecule has 0 radical (unpaired) electrons. The van der Waals surface area contributed by atoms with Crippen LogP contribution in [0, 0.1) is 12.8 Å². The Labute approximate surface area is 126 Å². The second-order valence-corrected chi connectivity index (χ2v) is 9.30. The molecule has 0 atom stereocenters. The van der Waals surface area contributed by atoms with Gasteiger partial charge in [-0.1, -0.05) is 0 Å². The summed E-state index contributed by atoms with van der Waals surface area (Å²) in [5, 5.41) is 0. The molecule has 0 aliphatic carbocycles. The van der Waals surface area contributed by atoms with Crippen LogP contribution >= 0.6 is 27.3 Å². The summed E-state index contributed by atoms with van der Waals surface area (Å²) in [6, 6.07) is 1.66. The van der Waals surface area contributed by atoms with Gasteiger partial charge >= 0.3 is 0 Å². The lowest BCUT2D eigenvalue weighted by Gasteiger charge is -2.29. The SMILES string of the molecule is CC(=O)C1CCN(S(=O)(=O)c2cc(Br)sc2C)CC1. The molecule has 7 heteroatoms. The predicted molar refractivity (Wildman–Crippen MR) is 78.9 cm³/mol. The molecule has 2 heterocycles. The molecule has 1 aliphatic heterocycles. The van der Waals surface area contributed by atoms with Gasteiger partial charge in [0.25, 0.3) is 0 Å². The molecule has 1 saturated heterocycles. The number of aryl methyl sites for hydroxylation is 1. The molecule has 0 amide bonds. The van der Waals surface area contributed by atoms with Crippen LogP contribution in [-0.4, -0.2) is 31.6 Å². The van der Waals surface area contributed by atoms with Crippen LogP contribution in [0.25, 0.3) is 0 Å². The molecule has 0 unspecified atom stereocenters. The Bertz CT molecular complexity index is 586. The van der Waals surface area contributed by atoms with E-state index in [9.17, 15) is 13.2 Å². The van der Waals surface area contributed by atoms with E-state index in [4.69, 9.17) is 0 Å². The average Bonchev–Trinajstić information content (AvgIpc) is 2.69. The van der Waals surface area contributed by atoms with Crippen LogP contribution < -0.4 is 0 Å². The molecule has 0 spiro atoms. The van der Waals surface area contributed by atoms with E-state index in [1.807, 2.05) is 6.92 Å². The molecule has 1 aliphatic rings. The Balaban J connectivity index is 2.19. The number of piperidine rings is 1. The molecular formula is C12H16BrNO3S2. The van der Waals surface area contributed by atoms with E-state index in [0.29, 0.717) is 30.8 Å². The molecule has 4 nitrogen and oxygen atoms in total. The lowest BCUT2D eigenvalue weighted by atomic mass is 9.95. The summed E-state index contributed by atoms with van der Waals surface area (Å²) in [5.41, 5.74) is 0. The highest BCUT2D eigenvalue weighted by atomic mass is 79.9. The van der Waals surface area contributed by atoms with Crippen molar-refractivity contribution >= 4 is 43.1 Å². The van der Waals surface area contributed by atoms with Gasteiger partial charge in [0.05, 0.1) is 8.68 Å². The first-order chi connectivity index (χ1) is 8.82. The monoisotopic (exact) mass is 365 g/mol. The minimum Gasteiger partial charge on any atom is -0.300 e. The number of nitrogens with zero attached hydrogens (tertiary/aromatic N) is 1. The zero-order chi connectivity index (χ0) is 14.2. The van der Waals surface area contributed by atoms with Crippen molar-refractivity contribution in [3.05, 3.63) is 14.7 Å². The van der Waals surface area contributed by atoms with Crippen LogP contribution in [0.1, 0.15) is 24.6 Å². The second kappa shape index (κ2) is 5.63. The average molecular weight is 366 g/mol. The number of halogens is 1. The lowest BCUT2D eigenvalue weighted by molar-refractivity contribution is -0.121. The largest absolute Gasteiger partial charge is 0.300 e. The molecule has 1 aromatic rings. The number of rotatable bonds is 3. The molecule has 19 heavy (non-hydrogen) atoms. The first kappa shape index (κ1) is 15.2. The summed E-state index contributed by atoms with van der Waals surface area (Å²) >= 11 is 4.74. The first-order valence-corrected chi connectivity index (χ1v) is 9.14. The fraction of sp³-hybridized carbons (Fsp3) is 0.583. The maximum Gasteiger partial charge on any atom is 0.244 e. The van der Waals surface area contributed by atoms with Crippen LogP contribution in [0.15, 0.2) is 14.7 Å². The van der Waals surface area contributed by atoms with Gasteiger partial charge in [0.15, 0.2) is 0 Å². The van der Waals surface area contributed by atoms with Crippen LogP contribution in [0.4, 0.5) is 0 Å². The number of sulfonamides is 1. The number of hydrogen-bond donors (Lipinski definition) is 0. The van der Waals surface area contributed by atoms with Crippen LogP contribution in [0.3, 0.4) is 0 Å². The number of hydrogen-bond acceptors (Lipinski definition) is 4. The van der Waals surface area contributed by atoms with E-state index in [1.54, 1.807) is 13.0 Å². The number of thiophene rings is 1. The Morgan fingerprint density at radius 3 is 2.42 bits per heavy atom. The summed E-state index contributed by atoms with van der Waals surface area (Å²) < 4.78 is 27.4. The van der Waals surface area contributed by atoms with Gasteiger partial charge in [0, 0.05) is 23.9 Å². The number of Topliss-reactive ketones (excluding diaryl/α,β-unsaturated/α-hetero) is 1. The Morgan fingerprint density at radius 2 is 2.00 bits per heavy atom. The fourth-order valence-corrected chi connectivity index (χ4v) is 6.18. The highest BCUT2D eigenvalue weighted by molar-refractivity contribution is 9.11. The van der Waals surface area contributed by atoms with E-state index in [1.165, 1.54) is 15.6 Å². The van der Waals surface area contributed by atoms with Crippen molar-refractivity contribution in [2.45, 2.75) is 31.6 Å². The standard InChI is InChI=1S/C12H16BrNO3S2/c1-8(15)10-3-5-14(6-4-10)19(16,17)11-7-12(13)18-9(11)2/h7,10H,3-6H2,1-2H3. The zero-order valence-corrected chi connectivity index (χ0v) is 14.1. The van der Waals surface area contributed by atoms with Gasteiger partial charge < -0.3 is 0 Å². The van der Waals surface area contributed by atoms with E-state index in [0.717, 1.165) is 8.66 Å². The van der Waals surface area contributed by atoms with Crippen molar-refractivity contribution < 1.29 is 13.2 Å². The van der Waals surface area contributed by atoms with E-state index in [2.05, 4.69) is 15.9 Å².